The van der Waals surface area contributed by atoms with Gasteiger partial charge in [-0.25, -0.2) is 0 Å². The Labute approximate surface area is 78.8 Å². The van der Waals surface area contributed by atoms with Crippen LogP contribution in [0.4, 0.5) is 0 Å². The van der Waals surface area contributed by atoms with Crippen molar-refractivity contribution in [3.8, 4) is 0 Å². The van der Waals surface area contributed by atoms with Gasteiger partial charge in [0.15, 0.2) is 0 Å². The Hall–Kier alpha value is 0. The smallest absolute Gasteiger partial charge is 0.0414 e. The van der Waals surface area contributed by atoms with Crippen LogP contribution in [0.3, 0.4) is 0 Å². The SMILES string of the molecule is CCCC(CCC)CCC(C)C. The molecule has 0 atom stereocenters. The Bertz CT molecular complexity index is 78.0. The van der Waals surface area contributed by atoms with Gasteiger partial charge in [0.1, 0.15) is 0 Å². The monoisotopic (exact) mass is 170 g/mol. The molecule has 0 unspecified atom stereocenters. The van der Waals surface area contributed by atoms with Gasteiger partial charge in [-0.15, -0.1) is 0 Å². The van der Waals surface area contributed by atoms with Gasteiger partial charge in [-0.2, -0.15) is 0 Å². The molecule has 0 saturated carbocycles. The fourth-order valence-corrected chi connectivity index (χ4v) is 1.82. The average molecular weight is 170 g/mol. The first-order valence-electron chi connectivity index (χ1n) is 5.70. The maximum absolute atomic E-state index is 2.33. The molecule has 74 valence electrons. The summed E-state index contributed by atoms with van der Waals surface area (Å²) in [4.78, 5) is 0. The summed E-state index contributed by atoms with van der Waals surface area (Å²) < 4.78 is 0. The van der Waals surface area contributed by atoms with E-state index < -0.39 is 0 Å². The van der Waals surface area contributed by atoms with Gasteiger partial charge in [0.05, 0.1) is 0 Å². The van der Waals surface area contributed by atoms with Crippen molar-refractivity contribution < 1.29 is 0 Å². The van der Waals surface area contributed by atoms with Crippen molar-refractivity contribution in [2.24, 2.45) is 11.8 Å². The zero-order valence-corrected chi connectivity index (χ0v) is 9.40. The zero-order valence-electron chi connectivity index (χ0n) is 9.40. The predicted molar refractivity (Wildman–Crippen MR) is 57.4 cm³/mol. The first-order chi connectivity index (χ1) is 5.70. The molecule has 0 saturated heterocycles. The first-order valence-corrected chi connectivity index (χ1v) is 5.70. The summed E-state index contributed by atoms with van der Waals surface area (Å²) in [5, 5.41) is 0. The fourth-order valence-electron chi connectivity index (χ4n) is 1.82. The third-order valence-corrected chi connectivity index (χ3v) is 2.55. The van der Waals surface area contributed by atoms with Crippen molar-refractivity contribution in [2.45, 2.75) is 66.2 Å². The van der Waals surface area contributed by atoms with Crippen molar-refractivity contribution >= 4 is 0 Å². The summed E-state index contributed by atoms with van der Waals surface area (Å²) in [6.07, 6.45) is 8.50. The van der Waals surface area contributed by atoms with Gasteiger partial charge in [-0.3, -0.25) is 0 Å². The summed E-state index contributed by atoms with van der Waals surface area (Å²) in [7, 11) is 0. The van der Waals surface area contributed by atoms with E-state index in [9.17, 15) is 0 Å². The fraction of sp³-hybridized carbons (Fsp3) is 1.00. The molecule has 0 aliphatic rings. The molecule has 0 spiro atoms. The van der Waals surface area contributed by atoms with E-state index in [0.29, 0.717) is 0 Å². The van der Waals surface area contributed by atoms with Crippen LogP contribution in [0.25, 0.3) is 0 Å². The topological polar surface area (TPSA) is 0 Å². The van der Waals surface area contributed by atoms with E-state index in [1.807, 2.05) is 0 Å². The van der Waals surface area contributed by atoms with Crippen molar-refractivity contribution in [1.82, 2.24) is 0 Å². The third kappa shape index (κ3) is 6.69. The second kappa shape index (κ2) is 7.64. The lowest BCUT2D eigenvalue weighted by Gasteiger charge is -2.15. The molecular formula is C12H26. The van der Waals surface area contributed by atoms with Crippen LogP contribution in [-0.4, -0.2) is 0 Å². The molecule has 0 N–H and O–H groups in total. The number of rotatable bonds is 7. The van der Waals surface area contributed by atoms with Gasteiger partial charge in [-0.05, 0) is 11.8 Å². The molecule has 0 nitrogen and oxygen atoms in total. The van der Waals surface area contributed by atoms with E-state index in [-0.39, 0.29) is 0 Å². The minimum atomic E-state index is 0.890. The first kappa shape index (κ1) is 12.0. The molecular weight excluding hydrogens is 144 g/mol. The van der Waals surface area contributed by atoms with Crippen LogP contribution in [0.2, 0.25) is 0 Å². The lowest BCUT2D eigenvalue weighted by molar-refractivity contribution is 0.373. The number of hydrogen-bond acceptors (Lipinski definition) is 0. The lowest BCUT2D eigenvalue weighted by atomic mass is 9.91. The van der Waals surface area contributed by atoms with E-state index in [1.165, 1.54) is 38.5 Å². The highest BCUT2D eigenvalue weighted by Crippen LogP contribution is 2.21. The molecule has 0 bridgehead atoms. The second-order valence-corrected chi connectivity index (χ2v) is 4.41. The Balaban J connectivity index is 3.48. The molecule has 0 heterocycles. The number of hydrogen-bond donors (Lipinski definition) is 0. The summed E-state index contributed by atoms with van der Waals surface area (Å²) >= 11 is 0. The Morgan fingerprint density at radius 1 is 0.750 bits per heavy atom. The van der Waals surface area contributed by atoms with Crippen LogP contribution < -0.4 is 0 Å². The molecule has 0 fully saturated rings. The van der Waals surface area contributed by atoms with Crippen LogP contribution in [0.15, 0.2) is 0 Å². The van der Waals surface area contributed by atoms with Crippen molar-refractivity contribution in [1.29, 1.82) is 0 Å². The maximum atomic E-state index is 2.33. The van der Waals surface area contributed by atoms with Crippen LogP contribution in [0.1, 0.15) is 66.2 Å². The molecule has 0 aromatic carbocycles. The highest BCUT2D eigenvalue weighted by molar-refractivity contribution is 4.59. The largest absolute Gasteiger partial charge is 0.0654 e. The summed E-state index contributed by atoms with van der Waals surface area (Å²) in [5.41, 5.74) is 0. The summed E-state index contributed by atoms with van der Waals surface area (Å²) in [5.74, 6) is 1.91. The summed E-state index contributed by atoms with van der Waals surface area (Å²) in [6.45, 7) is 9.26. The lowest BCUT2D eigenvalue weighted by Crippen LogP contribution is -2.01. The summed E-state index contributed by atoms with van der Waals surface area (Å²) in [6, 6.07) is 0. The van der Waals surface area contributed by atoms with Crippen LogP contribution in [0, 0.1) is 11.8 Å². The second-order valence-electron chi connectivity index (χ2n) is 4.41. The van der Waals surface area contributed by atoms with E-state index >= 15 is 0 Å². The maximum Gasteiger partial charge on any atom is -0.0414 e. The van der Waals surface area contributed by atoms with Crippen LogP contribution in [0.5, 0.6) is 0 Å². The van der Waals surface area contributed by atoms with Gasteiger partial charge in [0, 0.05) is 0 Å². The molecule has 0 aromatic heterocycles. The van der Waals surface area contributed by atoms with Gasteiger partial charge in [0.2, 0.25) is 0 Å². The van der Waals surface area contributed by atoms with Crippen molar-refractivity contribution in [2.75, 3.05) is 0 Å². The zero-order chi connectivity index (χ0) is 9.40. The molecule has 0 rings (SSSR count). The van der Waals surface area contributed by atoms with E-state index in [0.717, 1.165) is 11.8 Å². The van der Waals surface area contributed by atoms with Crippen molar-refractivity contribution in [3.05, 3.63) is 0 Å². The molecule has 0 radical (unpaired) electrons. The van der Waals surface area contributed by atoms with Crippen molar-refractivity contribution in [3.63, 3.8) is 0 Å². The minimum absolute atomic E-state index is 0.890. The highest BCUT2D eigenvalue weighted by Gasteiger charge is 2.06. The molecule has 0 aliphatic heterocycles. The highest BCUT2D eigenvalue weighted by atomic mass is 14.1. The average Bonchev–Trinajstić information content (AvgIpc) is 2.01. The van der Waals surface area contributed by atoms with Gasteiger partial charge < -0.3 is 0 Å². The Kier molecular flexibility index (Phi) is 7.64. The van der Waals surface area contributed by atoms with E-state index in [1.54, 1.807) is 0 Å². The molecule has 12 heavy (non-hydrogen) atoms. The molecule has 0 aromatic rings. The Morgan fingerprint density at radius 2 is 1.25 bits per heavy atom. The normalized spacial score (nSPS) is 11.5. The van der Waals surface area contributed by atoms with E-state index in [4.69, 9.17) is 0 Å². The van der Waals surface area contributed by atoms with E-state index in [2.05, 4.69) is 27.7 Å². The standard InChI is InChI=1S/C12H26/c1-5-7-12(8-6-2)10-9-11(3)4/h11-12H,5-10H2,1-4H3. The van der Waals surface area contributed by atoms with Crippen LogP contribution in [-0.2, 0) is 0 Å². The minimum Gasteiger partial charge on any atom is -0.0654 e. The predicted octanol–water partition coefficient (Wildman–Crippen LogP) is 4.64. The molecule has 0 heteroatoms. The van der Waals surface area contributed by atoms with Crippen LogP contribution >= 0.6 is 0 Å². The van der Waals surface area contributed by atoms with Gasteiger partial charge in [0.25, 0.3) is 0 Å². The molecule has 0 aliphatic carbocycles. The quantitative estimate of drug-likeness (QED) is 0.522. The van der Waals surface area contributed by atoms with Gasteiger partial charge >= 0.3 is 0 Å². The molecule has 0 amide bonds. The Morgan fingerprint density at radius 3 is 1.58 bits per heavy atom. The third-order valence-electron chi connectivity index (χ3n) is 2.55. The van der Waals surface area contributed by atoms with Gasteiger partial charge in [-0.1, -0.05) is 66.2 Å².